The van der Waals surface area contributed by atoms with Crippen LogP contribution in [-0.2, 0) is 11.3 Å². The van der Waals surface area contributed by atoms with Crippen molar-refractivity contribution in [3.63, 3.8) is 0 Å². The molecule has 0 aliphatic rings. The van der Waals surface area contributed by atoms with Gasteiger partial charge in [-0.1, -0.05) is 12.1 Å². The number of fused-ring (bicyclic) bond motifs is 1. The van der Waals surface area contributed by atoms with Gasteiger partial charge in [-0.3, -0.25) is 0 Å². The summed E-state index contributed by atoms with van der Waals surface area (Å²) in [4.78, 5) is 15.9. The van der Waals surface area contributed by atoms with Crippen LogP contribution in [0.25, 0.3) is 10.9 Å². The zero-order valence-corrected chi connectivity index (χ0v) is 13.4. The van der Waals surface area contributed by atoms with Gasteiger partial charge in [0.15, 0.2) is 17.1 Å². The number of carbonyl (C=O) groups is 1. The average molecular weight is 339 g/mol. The molecule has 0 unspecified atom stereocenters. The summed E-state index contributed by atoms with van der Waals surface area (Å²) < 4.78 is 19.6. The van der Waals surface area contributed by atoms with E-state index in [0.29, 0.717) is 17.4 Å². The van der Waals surface area contributed by atoms with Gasteiger partial charge in [-0.15, -0.1) is 0 Å². The van der Waals surface area contributed by atoms with E-state index in [1.54, 1.807) is 35.9 Å². The van der Waals surface area contributed by atoms with Crippen LogP contribution in [0, 0.1) is 17.1 Å². The largest absolute Gasteiger partial charge is 0.505 e. The van der Waals surface area contributed by atoms with Crippen molar-refractivity contribution in [2.45, 2.75) is 13.5 Å². The highest BCUT2D eigenvalue weighted by Crippen LogP contribution is 2.31. The molecule has 1 aromatic carbocycles. The second kappa shape index (κ2) is 6.61. The first kappa shape index (κ1) is 16.5. The third kappa shape index (κ3) is 3.02. The molecule has 0 aliphatic carbocycles. The lowest BCUT2D eigenvalue weighted by Crippen LogP contribution is -2.09. The van der Waals surface area contributed by atoms with Gasteiger partial charge >= 0.3 is 5.97 Å². The summed E-state index contributed by atoms with van der Waals surface area (Å²) in [6, 6.07) is 9.50. The van der Waals surface area contributed by atoms with E-state index in [1.807, 2.05) is 6.07 Å². The molecule has 2 aromatic heterocycles. The minimum Gasteiger partial charge on any atom is -0.505 e. The number of aromatic nitrogens is 2. The molecule has 6 nitrogen and oxygen atoms in total. The van der Waals surface area contributed by atoms with Crippen LogP contribution in [0.1, 0.15) is 28.7 Å². The molecule has 0 aliphatic heterocycles. The van der Waals surface area contributed by atoms with Crippen molar-refractivity contribution in [2.24, 2.45) is 0 Å². The highest BCUT2D eigenvalue weighted by molar-refractivity contribution is 6.00. The van der Waals surface area contributed by atoms with Crippen molar-refractivity contribution in [3.05, 3.63) is 59.3 Å². The monoisotopic (exact) mass is 339 g/mol. The zero-order valence-electron chi connectivity index (χ0n) is 13.4. The molecule has 126 valence electrons. The van der Waals surface area contributed by atoms with Crippen LogP contribution in [0.15, 0.2) is 36.5 Å². The molecule has 0 spiro atoms. The molecule has 7 heteroatoms. The predicted octanol–water partition coefficient (Wildman–Crippen LogP) is 2.98. The molecular weight excluding hydrogens is 325 g/mol. The Hall–Kier alpha value is -3.40. The Bertz CT molecular complexity index is 987. The fourth-order valence-corrected chi connectivity index (χ4v) is 2.61. The summed E-state index contributed by atoms with van der Waals surface area (Å²) in [6.07, 6.45) is 1.67. The number of nitrogens with zero attached hydrogens (tertiary/aromatic N) is 3. The van der Waals surface area contributed by atoms with Crippen LogP contribution in [0.5, 0.6) is 5.75 Å². The van der Waals surface area contributed by atoms with Crippen molar-refractivity contribution in [3.8, 4) is 11.8 Å². The summed E-state index contributed by atoms with van der Waals surface area (Å²) in [5, 5.41) is 20.1. The molecule has 0 bridgehead atoms. The molecule has 0 radical (unpaired) electrons. The van der Waals surface area contributed by atoms with E-state index in [4.69, 9.17) is 4.74 Å². The van der Waals surface area contributed by atoms with E-state index < -0.39 is 5.97 Å². The second-order valence-corrected chi connectivity index (χ2v) is 5.32. The Labute approximate surface area is 142 Å². The first-order valence-corrected chi connectivity index (χ1v) is 7.58. The summed E-state index contributed by atoms with van der Waals surface area (Å²) in [6.45, 7) is 2.13. The van der Waals surface area contributed by atoms with Crippen LogP contribution in [0.2, 0.25) is 0 Å². The van der Waals surface area contributed by atoms with Crippen molar-refractivity contribution in [1.82, 2.24) is 9.55 Å². The molecule has 3 aromatic rings. The number of halogens is 1. The molecule has 1 N–H and O–H groups in total. The Morgan fingerprint density at radius 2 is 2.08 bits per heavy atom. The van der Waals surface area contributed by atoms with E-state index in [9.17, 15) is 19.6 Å². The van der Waals surface area contributed by atoms with E-state index in [-0.39, 0.29) is 29.6 Å². The summed E-state index contributed by atoms with van der Waals surface area (Å²) in [7, 11) is 0. The Morgan fingerprint density at radius 3 is 2.72 bits per heavy atom. The Kier molecular flexibility index (Phi) is 4.35. The van der Waals surface area contributed by atoms with Gasteiger partial charge < -0.3 is 14.4 Å². The average Bonchev–Trinajstić information content (AvgIpc) is 3.02. The molecule has 0 fully saturated rings. The van der Waals surface area contributed by atoms with E-state index in [0.717, 1.165) is 5.56 Å². The molecule has 0 amide bonds. The number of carbonyl (C=O) groups excluding carboxylic acids is 1. The van der Waals surface area contributed by atoms with Crippen LogP contribution < -0.4 is 0 Å². The molecule has 0 saturated heterocycles. The van der Waals surface area contributed by atoms with Gasteiger partial charge in [-0.2, -0.15) is 5.26 Å². The quantitative estimate of drug-likeness (QED) is 0.738. The number of benzene rings is 1. The van der Waals surface area contributed by atoms with Gasteiger partial charge in [0, 0.05) is 18.1 Å². The maximum absolute atomic E-state index is 13.0. The van der Waals surface area contributed by atoms with Crippen LogP contribution in [0.3, 0.4) is 0 Å². The second-order valence-electron chi connectivity index (χ2n) is 5.32. The Morgan fingerprint density at radius 1 is 1.36 bits per heavy atom. The van der Waals surface area contributed by atoms with Crippen molar-refractivity contribution < 1.29 is 19.0 Å². The summed E-state index contributed by atoms with van der Waals surface area (Å²) in [5.41, 5.74) is 0.933. The van der Waals surface area contributed by atoms with Crippen molar-refractivity contribution in [1.29, 1.82) is 5.26 Å². The predicted molar refractivity (Wildman–Crippen MR) is 87.6 cm³/mol. The molecule has 25 heavy (non-hydrogen) atoms. The van der Waals surface area contributed by atoms with E-state index in [1.165, 1.54) is 12.1 Å². The molecule has 0 saturated carbocycles. The first-order valence-electron chi connectivity index (χ1n) is 7.58. The minimum absolute atomic E-state index is 0.00275. The van der Waals surface area contributed by atoms with Crippen LogP contribution >= 0.6 is 0 Å². The third-order valence-corrected chi connectivity index (χ3v) is 3.73. The normalized spacial score (nSPS) is 10.6. The third-order valence-electron chi connectivity index (χ3n) is 3.73. The van der Waals surface area contributed by atoms with Gasteiger partial charge in [0.1, 0.15) is 11.9 Å². The highest BCUT2D eigenvalue weighted by atomic mass is 19.1. The van der Waals surface area contributed by atoms with Gasteiger partial charge in [0.05, 0.1) is 12.1 Å². The standard InChI is InChI=1S/C18H14FN3O3/c1-2-25-18(24)15-17(23)13-7-8-22(16(13)14(9-20)21-15)10-11-3-5-12(19)6-4-11/h3-8,23H,2,10H2,1H3. The smallest absolute Gasteiger partial charge is 0.360 e. The van der Waals surface area contributed by atoms with Gasteiger partial charge in [-0.25, -0.2) is 14.2 Å². The number of hydrogen-bond acceptors (Lipinski definition) is 5. The molecule has 2 heterocycles. The van der Waals surface area contributed by atoms with Gasteiger partial charge in [-0.05, 0) is 30.7 Å². The number of esters is 1. The van der Waals surface area contributed by atoms with E-state index in [2.05, 4.69) is 4.98 Å². The zero-order chi connectivity index (χ0) is 18.0. The fraction of sp³-hybridized carbons (Fsp3) is 0.167. The van der Waals surface area contributed by atoms with Crippen LogP contribution in [0.4, 0.5) is 4.39 Å². The Balaban J connectivity index is 2.11. The van der Waals surface area contributed by atoms with Crippen LogP contribution in [-0.4, -0.2) is 27.2 Å². The molecular formula is C18H14FN3O3. The lowest BCUT2D eigenvalue weighted by molar-refractivity contribution is 0.0516. The fourth-order valence-electron chi connectivity index (χ4n) is 2.61. The number of hydrogen-bond donors (Lipinski definition) is 1. The summed E-state index contributed by atoms with van der Waals surface area (Å²) >= 11 is 0. The van der Waals surface area contributed by atoms with Gasteiger partial charge in [0.2, 0.25) is 0 Å². The lowest BCUT2D eigenvalue weighted by atomic mass is 10.2. The SMILES string of the molecule is CCOC(=O)c1nc(C#N)c2c(ccn2Cc2ccc(F)cc2)c1O. The topological polar surface area (TPSA) is 88.1 Å². The van der Waals surface area contributed by atoms with Crippen molar-refractivity contribution >= 4 is 16.9 Å². The van der Waals surface area contributed by atoms with Gasteiger partial charge in [0.25, 0.3) is 0 Å². The summed E-state index contributed by atoms with van der Waals surface area (Å²) in [5.74, 6) is -1.45. The molecule has 0 atom stereocenters. The number of nitriles is 1. The maximum atomic E-state index is 13.0. The minimum atomic E-state index is -0.787. The van der Waals surface area contributed by atoms with E-state index >= 15 is 0 Å². The molecule has 3 rings (SSSR count). The maximum Gasteiger partial charge on any atom is 0.360 e. The lowest BCUT2D eigenvalue weighted by Gasteiger charge is -2.09. The number of rotatable bonds is 4. The number of ether oxygens (including phenoxy) is 1. The first-order chi connectivity index (χ1) is 12.0. The number of pyridine rings is 1. The highest BCUT2D eigenvalue weighted by Gasteiger charge is 2.22. The van der Waals surface area contributed by atoms with Crippen molar-refractivity contribution in [2.75, 3.05) is 6.61 Å². The number of aromatic hydroxyl groups is 1.